The van der Waals surface area contributed by atoms with Gasteiger partial charge in [-0.2, -0.15) is 0 Å². The molecule has 0 unspecified atom stereocenters. The summed E-state index contributed by atoms with van der Waals surface area (Å²) in [5.41, 5.74) is 9.25. The number of piperazine rings is 2. The first-order valence-electron chi connectivity index (χ1n) is 19.5. The Morgan fingerprint density at radius 1 is 0.741 bits per heavy atom. The van der Waals surface area contributed by atoms with E-state index in [1.165, 1.54) is 11.3 Å². The van der Waals surface area contributed by atoms with Crippen LogP contribution in [0.25, 0.3) is 0 Å². The third kappa shape index (κ3) is 14.3. The molecule has 0 atom stereocenters. The quantitative estimate of drug-likeness (QED) is 0.0934. The highest BCUT2D eigenvalue weighted by atomic mass is 16.7. The molecule has 2 fully saturated rings. The third-order valence-corrected chi connectivity index (χ3v) is 9.05. The lowest BCUT2D eigenvalue weighted by molar-refractivity contribution is -0.142. The lowest BCUT2D eigenvalue weighted by Gasteiger charge is -2.37. The smallest absolute Gasteiger partial charge is 0.410 e. The van der Waals surface area contributed by atoms with Crippen LogP contribution in [0.3, 0.4) is 0 Å². The van der Waals surface area contributed by atoms with Crippen LogP contribution in [0.4, 0.5) is 38.9 Å². The van der Waals surface area contributed by atoms with Gasteiger partial charge in [0.1, 0.15) is 11.3 Å². The molecule has 0 radical (unpaired) electrons. The van der Waals surface area contributed by atoms with Gasteiger partial charge >= 0.3 is 6.09 Å². The van der Waals surface area contributed by atoms with Gasteiger partial charge in [-0.15, -0.1) is 0 Å². The number of rotatable bonds is 12. The Bertz CT molecular complexity index is 1850. The van der Waals surface area contributed by atoms with Gasteiger partial charge in [-0.3, -0.25) is 14.8 Å². The van der Waals surface area contributed by atoms with Gasteiger partial charge < -0.3 is 44.9 Å². The van der Waals surface area contributed by atoms with Crippen LogP contribution in [0.1, 0.15) is 83.1 Å². The summed E-state index contributed by atoms with van der Waals surface area (Å²) >= 11 is 0. The lowest BCUT2D eigenvalue weighted by atomic mass is 10.1. The monoisotopic (exact) mass is 799 g/mol. The average Bonchev–Trinajstić information content (AvgIpc) is 3.18. The average molecular weight is 799 g/mol. The van der Waals surface area contributed by atoms with Crippen molar-refractivity contribution in [3.63, 3.8) is 0 Å². The minimum absolute atomic E-state index is 0. The molecule has 0 aliphatic carbocycles. The van der Waals surface area contributed by atoms with Crippen molar-refractivity contribution >= 4 is 46.5 Å². The van der Waals surface area contributed by atoms with Crippen LogP contribution in [0.5, 0.6) is 0 Å². The van der Waals surface area contributed by atoms with Crippen molar-refractivity contribution in [1.82, 2.24) is 20.2 Å². The zero-order valence-corrected chi connectivity index (χ0v) is 33.9. The van der Waals surface area contributed by atoms with Crippen molar-refractivity contribution in [2.24, 2.45) is 0 Å². The minimum atomic E-state index is -0.481. The summed E-state index contributed by atoms with van der Waals surface area (Å²) in [7, 11) is 0. The van der Waals surface area contributed by atoms with E-state index in [1.54, 1.807) is 23.4 Å². The first-order chi connectivity index (χ1) is 26.9. The van der Waals surface area contributed by atoms with E-state index in [9.17, 15) is 9.59 Å². The van der Waals surface area contributed by atoms with Crippen molar-refractivity contribution in [2.75, 3.05) is 86.0 Å². The fourth-order valence-corrected chi connectivity index (χ4v) is 6.45. The number of aldehydes is 1. The molecule has 2 aromatic carbocycles. The Morgan fingerprint density at radius 2 is 1.26 bits per heavy atom. The van der Waals surface area contributed by atoms with Crippen molar-refractivity contribution in [2.45, 2.75) is 75.2 Å². The minimum Gasteiger partial charge on any atom is -0.444 e. The zero-order valence-electron chi connectivity index (χ0n) is 33.9. The molecule has 13 nitrogen and oxygen atoms in total. The molecule has 0 spiro atoms. The van der Waals surface area contributed by atoms with E-state index in [0.29, 0.717) is 32.0 Å². The number of benzene rings is 2. The second kappa shape index (κ2) is 22.6. The van der Waals surface area contributed by atoms with Crippen LogP contribution in [-0.2, 0) is 14.2 Å². The van der Waals surface area contributed by atoms with E-state index in [2.05, 4.69) is 86.0 Å². The van der Waals surface area contributed by atoms with E-state index in [4.69, 9.17) is 14.2 Å². The first-order valence-corrected chi connectivity index (χ1v) is 19.5. The van der Waals surface area contributed by atoms with Gasteiger partial charge in [0.05, 0.1) is 29.5 Å². The summed E-state index contributed by atoms with van der Waals surface area (Å²) < 4.78 is 16.8. The molecule has 13 heteroatoms. The summed E-state index contributed by atoms with van der Waals surface area (Å²) in [6, 6.07) is 20.4. The van der Waals surface area contributed by atoms with Crippen LogP contribution < -0.4 is 25.8 Å². The van der Waals surface area contributed by atoms with Crippen molar-refractivity contribution in [3.05, 3.63) is 95.6 Å². The van der Waals surface area contributed by atoms with Crippen LogP contribution >= 0.6 is 0 Å². The van der Waals surface area contributed by atoms with E-state index in [-0.39, 0.29) is 20.9 Å². The number of carbonyl (C=O) groups is 2. The normalized spacial score (nSPS) is 14.0. The second-order valence-electron chi connectivity index (χ2n) is 14.9. The predicted octanol–water partition coefficient (Wildman–Crippen LogP) is 8.89. The van der Waals surface area contributed by atoms with E-state index in [0.717, 1.165) is 85.2 Å². The van der Waals surface area contributed by atoms with Crippen molar-refractivity contribution in [1.29, 1.82) is 0 Å². The van der Waals surface area contributed by atoms with Gasteiger partial charge in [0.25, 0.3) is 0 Å². The summed E-state index contributed by atoms with van der Waals surface area (Å²) in [5, 5.41) is 10.2. The molecule has 316 valence electrons. The molecule has 58 heavy (non-hydrogen) atoms. The van der Waals surface area contributed by atoms with E-state index < -0.39 is 11.9 Å². The van der Waals surface area contributed by atoms with Crippen molar-refractivity contribution < 1.29 is 23.8 Å². The number of aryl methyl sites for hydroxylation is 2. The van der Waals surface area contributed by atoms with E-state index >= 15 is 0 Å². The standard InChI is InChI=1S/C26H38N4O4.C17H20N4O.2CH4/c1-7-32-24(33-8-2)23-10-9-20(18-27-23)28-21-15-19(3)16-22(17-21)29-11-13-30(14-12-29)25(31)34-26(4,5)6;1-13-8-16(20-14-2-3-15(12-22)19-11-14)10-17(9-13)21-6-4-18-5-7-21;;/h9-10,15-18,24,28H,7-8,11-14H2,1-6H3;2-3,8-12,18,20H,4-7H2,1H3;2*1H4. The highest BCUT2D eigenvalue weighted by Gasteiger charge is 2.26. The van der Waals surface area contributed by atoms with Gasteiger partial charge in [-0.25, -0.2) is 4.79 Å². The number of aromatic nitrogens is 2. The summed E-state index contributed by atoms with van der Waals surface area (Å²) in [5.74, 6) is 0. The van der Waals surface area contributed by atoms with E-state index in [1.807, 2.05) is 52.8 Å². The molecule has 1 amide bonds. The number of hydrogen-bond acceptors (Lipinski definition) is 12. The maximum absolute atomic E-state index is 12.4. The Labute approximate surface area is 346 Å². The Balaban J connectivity index is 0.000000325. The maximum Gasteiger partial charge on any atom is 0.410 e. The summed E-state index contributed by atoms with van der Waals surface area (Å²) in [6.07, 6.45) is 3.52. The number of amides is 1. The molecule has 4 aromatic rings. The maximum atomic E-state index is 12.4. The number of ether oxygens (including phenoxy) is 3. The topological polar surface area (TPSA) is 133 Å². The molecular weight excluding hydrogens is 733 g/mol. The predicted molar refractivity (Wildman–Crippen MR) is 237 cm³/mol. The Kier molecular flexibility index (Phi) is 18.4. The SMILES string of the molecule is C.C.CCOC(OCC)c1ccc(Nc2cc(C)cc(N3CCN(C(=O)OC(C)(C)C)CC3)c2)cn1.Cc1cc(Nc2ccc(C=O)nc2)cc(N2CCNCC2)c1. The molecule has 2 aliphatic heterocycles. The number of pyridine rings is 2. The van der Waals surface area contributed by atoms with Crippen LogP contribution in [0, 0.1) is 13.8 Å². The van der Waals surface area contributed by atoms with Gasteiger partial charge in [0.15, 0.2) is 6.29 Å². The molecular formula is C45H66N8O5. The van der Waals surface area contributed by atoms with Gasteiger partial charge in [-0.05, 0) is 120 Å². The summed E-state index contributed by atoms with van der Waals surface area (Å²) in [4.78, 5) is 38.1. The van der Waals surface area contributed by atoms with Crippen LogP contribution in [0.15, 0.2) is 73.1 Å². The molecule has 0 saturated carbocycles. The summed E-state index contributed by atoms with van der Waals surface area (Å²) in [6.45, 7) is 21.7. The Hall–Kier alpha value is -5.24. The fourth-order valence-electron chi connectivity index (χ4n) is 6.45. The van der Waals surface area contributed by atoms with Gasteiger partial charge in [0.2, 0.25) is 6.29 Å². The molecule has 2 aliphatic rings. The number of hydrogen-bond donors (Lipinski definition) is 3. The highest BCUT2D eigenvalue weighted by Crippen LogP contribution is 2.28. The first kappa shape index (κ1) is 47.1. The molecule has 3 N–H and O–H groups in total. The van der Waals surface area contributed by atoms with Gasteiger partial charge in [0, 0.05) is 88.3 Å². The largest absolute Gasteiger partial charge is 0.444 e. The molecule has 2 saturated heterocycles. The fraction of sp³-hybridized carbons (Fsp3) is 0.467. The Morgan fingerprint density at radius 3 is 1.71 bits per heavy atom. The van der Waals surface area contributed by atoms with Crippen molar-refractivity contribution in [3.8, 4) is 0 Å². The third-order valence-electron chi connectivity index (χ3n) is 9.05. The lowest BCUT2D eigenvalue weighted by Crippen LogP contribution is -2.50. The van der Waals surface area contributed by atoms with Gasteiger partial charge in [-0.1, -0.05) is 14.9 Å². The number of nitrogens with zero attached hydrogens (tertiary/aromatic N) is 5. The highest BCUT2D eigenvalue weighted by molar-refractivity contribution is 5.73. The number of anilines is 6. The molecule has 4 heterocycles. The molecule has 2 aromatic heterocycles. The number of nitrogens with one attached hydrogen (secondary N) is 3. The second-order valence-corrected chi connectivity index (χ2v) is 14.9. The van der Waals surface area contributed by atoms with Crippen LogP contribution in [-0.4, -0.2) is 98.4 Å². The molecule has 6 rings (SSSR count). The number of carbonyl (C=O) groups excluding carboxylic acids is 2. The van der Waals surface area contributed by atoms with Crippen LogP contribution in [0.2, 0.25) is 0 Å². The molecule has 0 bridgehead atoms. The zero-order chi connectivity index (χ0) is 40.1.